The lowest BCUT2D eigenvalue weighted by Gasteiger charge is -2.33. The highest BCUT2D eigenvalue weighted by atomic mass is 32.2. The predicted octanol–water partition coefficient (Wildman–Crippen LogP) is 3.52. The minimum atomic E-state index is -3.26. The molecule has 1 aromatic carbocycles. The third-order valence-corrected chi connectivity index (χ3v) is 8.10. The van der Waals surface area contributed by atoms with E-state index in [4.69, 9.17) is 4.98 Å². The van der Waals surface area contributed by atoms with Crippen molar-refractivity contribution < 1.29 is 8.42 Å². The molecule has 1 aliphatic rings. The van der Waals surface area contributed by atoms with Gasteiger partial charge in [0.15, 0.2) is 0 Å². The first-order chi connectivity index (χ1) is 13.1. The Bertz CT molecular complexity index is 961. The molecule has 1 aliphatic heterocycles. The van der Waals surface area contributed by atoms with E-state index < -0.39 is 10.0 Å². The van der Waals surface area contributed by atoms with Gasteiger partial charge >= 0.3 is 0 Å². The van der Waals surface area contributed by atoms with Gasteiger partial charge in [0, 0.05) is 49.0 Å². The van der Waals surface area contributed by atoms with Crippen LogP contribution in [0.4, 0.5) is 0 Å². The fraction of sp³-hybridized carbons (Fsp3) is 0.316. The minimum absolute atomic E-state index is 0.0733. The lowest BCUT2D eigenvalue weighted by atomic mass is 10.2. The van der Waals surface area contributed by atoms with E-state index in [2.05, 4.69) is 27.1 Å². The molecule has 0 atom stereocenters. The molecular weight excluding hydrogens is 398 g/mol. The van der Waals surface area contributed by atoms with Crippen LogP contribution in [0.2, 0.25) is 0 Å². The molecule has 0 bridgehead atoms. The first-order valence-electron chi connectivity index (χ1n) is 8.81. The maximum Gasteiger partial charge on any atom is 0.218 e. The minimum Gasteiger partial charge on any atom is -0.295 e. The van der Waals surface area contributed by atoms with Crippen molar-refractivity contribution in [3.05, 3.63) is 63.8 Å². The Balaban J connectivity index is 1.32. The fourth-order valence-electron chi connectivity index (χ4n) is 3.17. The standard InChI is InChI=1S/C19H21N3O2S3/c23-27(24,15-16-4-2-1-3-5-16)22-9-7-21(8-10-22)12-18-14-26-19(20-18)17-6-11-25-13-17/h1-6,11,13-14H,7-10,12,15H2. The van der Waals surface area contributed by atoms with Crippen LogP contribution in [0.1, 0.15) is 11.3 Å². The Labute approximate surface area is 168 Å². The van der Waals surface area contributed by atoms with Gasteiger partial charge in [0.1, 0.15) is 5.01 Å². The molecule has 0 amide bonds. The van der Waals surface area contributed by atoms with Crippen molar-refractivity contribution in [3.63, 3.8) is 0 Å². The zero-order valence-electron chi connectivity index (χ0n) is 14.8. The molecule has 5 nitrogen and oxygen atoms in total. The molecule has 0 saturated carbocycles. The van der Waals surface area contributed by atoms with Crippen LogP contribution in [0.3, 0.4) is 0 Å². The molecule has 1 fully saturated rings. The van der Waals surface area contributed by atoms with Crippen molar-refractivity contribution in [2.45, 2.75) is 12.3 Å². The summed E-state index contributed by atoms with van der Waals surface area (Å²) in [7, 11) is -3.26. The Hall–Kier alpha value is -1.58. The Morgan fingerprint density at radius 2 is 1.78 bits per heavy atom. The van der Waals surface area contributed by atoms with E-state index in [-0.39, 0.29) is 5.75 Å². The number of rotatable bonds is 6. The number of benzene rings is 1. The van der Waals surface area contributed by atoms with Crippen molar-refractivity contribution in [3.8, 4) is 10.6 Å². The molecule has 27 heavy (non-hydrogen) atoms. The number of thiazole rings is 1. The number of nitrogens with zero attached hydrogens (tertiary/aromatic N) is 3. The second-order valence-corrected chi connectivity index (χ2v) is 10.2. The van der Waals surface area contributed by atoms with Gasteiger partial charge in [-0.05, 0) is 17.0 Å². The van der Waals surface area contributed by atoms with Crippen molar-refractivity contribution in [2.24, 2.45) is 0 Å². The molecule has 3 heterocycles. The topological polar surface area (TPSA) is 53.5 Å². The highest BCUT2D eigenvalue weighted by molar-refractivity contribution is 7.88. The Morgan fingerprint density at radius 1 is 1.00 bits per heavy atom. The van der Waals surface area contributed by atoms with Gasteiger partial charge in [0.05, 0.1) is 11.4 Å². The molecule has 0 N–H and O–H groups in total. The van der Waals surface area contributed by atoms with Gasteiger partial charge in [-0.3, -0.25) is 4.90 Å². The van der Waals surface area contributed by atoms with Crippen LogP contribution >= 0.6 is 22.7 Å². The molecule has 0 aliphatic carbocycles. The quantitative estimate of drug-likeness (QED) is 0.613. The SMILES string of the molecule is O=S(=O)(Cc1ccccc1)N1CCN(Cc2csc(-c3ccsc3)n2)CC1. The number of thiophene rings is 1. The van der Waals surface area contributed by atoms with Crippen LogP contribution in [-0.4, -0.2) is 48.8 Å². The maximum atomic E-state index is 12.7. The van der Waals surface area contributed by atoms with Crippen LogP contribution in [0, 0.1) is 0 Å². The van der Waals surface area contributed by atoms with Gasteiger partial charge in [-0.1, -0.05) is 30.3 Å². The molecule has 0 unspecified atom stereocenters. The predicted molar refractivity (Wildman–Crippen MR) is 111 cm³/mol. The van der Waals surface area contributed by atoms with E-state index >= 15 is 0 Å². The molecule has 142 valence electrons. The Morgan fingerprint density at radius 3 is 2.48 bits per heavy atom. The summed E-state index contributed by atoms with van der Waals surface area (Å²) in [5.74, 6) is 0.0733. The first-order valence-corrected chi connectivity index (χ1v) is 12.2. The molecule has 4 rings (SSSR count). The van der Waals surface area contributed by atoms with Gasteiger partial charge < -0.3 is 0 Å². The van der Waals surface area contributed by atoms with E-state index in [1.54, 1.807) is 27.0 Å². The summed E-state index contributed by atoms with van der Waals surface area (Å²) in [6.45, 7) is 3.32. The zero-order valence-corrected chi connectivity index (χ0v) is 17.3. The van der Waals surface area contributed by atoms with Crippen LogP contribution in [-0.2, 0) is 22.3 Å². The van der Waals surface area contributed by atoms with Gasteiger partial charge in [0.25, 0.3) is 0 Å². The van der Waals surface area contributed by atoms with Crippen LogP contribution in [0.25, 0.3) is 10.6 Å². The molecule has 0 spiro atoms. The van der Waals surface area contributed by atoms with Gasteiger partial charge in [-0.25, -0.2) is 13.4 Å². The maximum absolute atomic E-state index is 12.7. The molecule has 3 aromatic rings. The largest absolute Gasteiger partial charge is 0.295 e. The number of sulfonamides is 1. The molecular formula is C19H21N3O2S3. The monoisotopic (exact) mass is 419 g/mol. The van der Waals surface area contributed by atoms with E-state index in [0.29, 0.717) is 13.1 Å². The third kappa shape index (κ3) is 4.64. The van der Waals surface area contributed by atoms with Crippen LogP contribution < -0.4 is 0 Å². The number of piperazine rings is 1. The second-order valence-electron chi connectivity index (χ2n) is 6.57. The highest BCUT2D eigenvalue weighted by Crippen LogP contribution is 2.26. The lowest BCUT2D eigenvalue weighted by molar-refractivity contribution is 0.180. The molecule has 0 radical (unpaired) electrons. The lowest BCUT2D eigenvalue weighted by Crippen LogP contribution is -2.48. The summed E-state index contributed by atoms with van der Waals surface area (Å²) in [5, 5.41) is 7.33. The van der Waals surface area contributed by atoms with Crippen molar-refractivity contribution >= 4 is 32.7 Å². The number of hydrogen-bond donors (Lipinski definition) is 0. The van der Waals surface area contributed by atoms with E-state index in [1.165, 1.54) is 5.56 Å². The van der Waals surface area contributed by atoms with Gasteiger partial charge in [0.2, 0.25) is 10.0 Å². The number of aromatic nitrogens is 1. The average molecular weight is 420 g/mol. The van der Waals surface area contributed by atoms with E-state index in [9.17, 15) is 8.42 Å². The second kappa shape index (κ2) is 8.20. The molecule has 2 aromatic heterocycles. The first kappa shape index (κ1) is 18.8. The summed E-state index contributed by atoms with van der Waals surface area (Å²) in [6, 6.07) is 11.5. The summed E-state index contributed by atoms with van der Waals surface area (Å²) >= 11 is 3.34. The summed E-state index contributed by atoms with van der Waals surface area (Å²) in [6.07, 6.45) is 0. The number of hydrogen-bond acceptors (Lipinski definition) is 6. The zero-order chi connectivity index (χ0) is 18.7. The van der Waals surface area contributed by atoms with Crippen LogP contribution in [0.15, 0.2) is 52.5 Å². The summed E-state index contributed by atoms with van der Waals surface area (Å²) < 4.78 is 26.9. The Kier molecular flexibility index (Phi) is 5.70. The third-order valence-electron chi connectivity index (χ3n) is 4.62. The molecule has 1 saturated heterocycles. The van der Waals surface area contributed by atoms with Crippen molar-refractivity contribution in [1.29, 1.82) is 0 Å². The van der Waals surface area contributed by atoms with Gasteiger partial charge in [-0.2, -0.15) is 15.6 Å². The summed E-state index contributed by atoms with van der Waals surface area (Å²) in [4.78, 5) is 7.00. The van der Waals surface area contributed by atoms with Crippen LogP contribution in [0.5, 0.6) is 0 Å². The highest BCUT2D eigenvalue weighted by Gasteiger charge is 2.27. The van der Waals surface area contributed by atoms with E-state index in [0.717, 1.165) is 35.9 Å². The van der Waals surface area contributed by atoms with Crippen molar-refractivity contribution in [2.75, 3.05) is 26.2 Å². The normalized spacial score (nSPS) is 16.6. The van der Waals surface area contributed by atoms with E-state index in [1.807, 2.05) is 30.3 Å². The summed E-state index contributed by atoms with van der Waals surface area (Å²) in [5.41, 5.74) is 3.07. The molecule has 8 heteroatoms. The van der Waals surface area contributed by atoms with Gasteiger partial charge in [-0.15, -0.1) is 11.3 Å². The average Bonchev–Trinajstić information content (AvgIpc) is 3.34. The fourth-order valence-corrected chi connectivity index (χ4v) is 6.21. The smallest absolute Gasteiger partial charge is 0.218 e. The van der Waals surface area contributed by atoms with Crippen molar-refractivity contribution in [1.82, 2.24) is 14.2 Å².